The predicted molar refractivity (Wildman–Crippen MR) is 103 cm³/mol. The van der Waals surface area contributed by atoms with Crippen molar-refractivity contribution in [3.8, 4) is 0 Å². The van der Waals surface area contributed by atoms with E-state index < -0.39 is 11.8 Å². The number of furan rings is 1. The average Bonchev–Trinajstić information content (AvgIpc) is 3.28. The zero-order valence-corrected chi connectivity index (χ0v) is 15.5. The number of carbonyl (C=O) groups excluding carboxylic acids is 3. The van der Waals surface area contributed by atoms with E-state index in [-0.39, 0.29) is 18.9 Å². The Labute approximate surface area is 164 Å². The van der Waals surface area contributed by atoms with Crippen LogP contribution in [0.4, 0.5) is 0 Å². The summed E-state index contributed by atoms with van der Waals surface area (Å²) >= 11 is 6.35. The molecule has 2 N–H and O–H groups in total. The van der Waals surface area contributed by atoms with E-state index in [1.807, 2.05) is 0 Å². The normalized spacial score (nSPS) is 15.3. The molecule has 1 aliphatic heterocycles. The van der Waals surface area contributed by atoms with E-state index in [9.17, 15) is 14.4 Å². The van der Waals surface area contributed by atoms with Crippen molar-refractivity contribution in [1.82, 2.24) is 20.7 Å². The number of aromatic nitrogens is 1. The maximum Gasteiger partial charge on any atom is 0.271 e. The molecular formula is C17H14N4O4S2. The van der Waals surface area contributed by atoms with Gasteiger partial charge in [0.25, 0.3) is 11.8 Å². The monoisotopic (exact) mass is 402 g/mol. The minimum absolute atomic E-state index is 0.0200. The largest absolute Gasteiger partial charge is 0.465 e. The van der Waals surface area contributed by atoms with Crippen molar-refractivity contribution in [3.05, 3.63) is 59.2 Å². The molecule has 1 saturated heterocycles. The molecule has 0 unspecified atom stereocenters. The summed E-state index contributed by atoms with van der Waals surface area (Å²) in [4.78, 5) is 41.8. The molecule has 0 bridgehead atoms. The third kappa shape index (κ3) is 4.80. The highest BCUT2D eigenvalue weighted by molar-refractivity contribution is 8.26. The number of hydrogen-bond donors (Lipinski definition) is 2. The Kier molecular flexibility index (Phi) is 5.99. The summed E-state index contributed by atoms with van der Waals surface area (Å²) < 4.78 is 5.56. The zero-order valence-electron chi connectivity index (χ0n) is 13.9. The van der Waals surface area contributed by atoms with Gasteiger partial charge in [-0.2, -0.15) is 0 Å². The molecule has 0 aliphatic carbocycles. The van der Waals surface area contributed by atoms with Gasteiger partial charge in [0.15, 0.2) is 0 Å². The fourth-order valence-electron chi connectivity index (χ4n) is 2.17. The van der Waals surface area contributed by atoms with Gasteiger partial charge in [0.05, 0.1) is 16.7 Å². The highest BCUT2D eigenvalue weighted by Gasteiger charge is 2.32. The lowest BCUT2D eigenvalue weighted by atomic mass is 10.3. The van der Waals surface area contributed by atoms with Crippen LogP contribution in [0.5, 0.6) is 0 Å². The molecule has 2 aromatic rings. The molecule has 8 nitrogen and oxygen atoms in total. The summed E-state index contributed by atoms with van der Waals surface area (Å²) in [6.45, 7) is 0.106. The molecule has 3 rings (SSSR count). The molecule has 0 saturated carbocycles. The summed E-state index contributed by atoms with van der Waals surface area (Å²) in [6, 6.07) is 6.63. The molecule has 1 aliphatic rings. The number of nitrogens with zero attached hydrogens (tertiary/aromatic N) is 2. The number of thioether (sulfide) groups is 1. The number of carbonyl (C=O) groups is 3. The number of nitrogens with one attached hydrogen (secondary N) is 2. The van der Waals surface area contributed by atoms with Crippen molar-refractivity contribution in [2.45, 2.75) is 6.42 Å². The Morgan fingerprint density at radius 2 is 2.15 bits per heavy atom. The summed E-state index contributed by atoms with van der Waals surface area (Å²) in [7, 11) is 0. The van der Waals surface area contributed by atoms with E-state index in [1.165, 1.54) is 23.6 Å². The molecule has 0 spiro atoms. The first-order chi connectivity index (χ1) is 13.0. The van der Waals surface area contributed by atoms with Gasteiger partial charge >= 0.3 is 0 Å². The molecule has 0 aromatic carbocycles. The van der Waals surface area contributed by atoms with E-state index in [1.54, 1.807) is 30.3 Å². The van der Waals surface area contributed by atoms with Crippen molar-refractivity contribution >= 4 is 52.1 Å². The number of hydrogen-bond acceptors (Lipinski definition) is 7. The molecule has 0 atom stereocenters. The van der Waals surface area contributed by atoms with Gasteiger partial charge in [-0.25, -0.2) is 0 Å². The van der Waals surface area contributed by atoms with Crippen LogP contribution in [-0.2, 0) is 9.59 Å². The number of pyridine rings is 1. The molecule has 0 radical (unpaired) electrons. The maximum absolute atomic E-state index is 12.4. The topological polar surface area (TPSA) is 105 Å². The summed E-state index contributed by atoms with van der Waals surface area (Å²) in [5.74, 6) is -0.667. The van der Waals surface area contributed by atoms with E-state index in [0.717, 1.165) is 11.8 Å². The van der Waals surface area contributed by atoms with Crippen LogP contribution in [0, 0.1) is 0 Å². The Morgan fingerprint density at radius 3 is 2.85 bits per heavy atom. The van der Waals surface area contributed by atoms with E-state index in [4.69, 9.17) is 16.6 Å². The lowest BCUT2D eigenvalue weighted by Gasteiger charge is -2.14. The average molecular weight is 402 g/mol. The molecule has 2 aromatic heterocycles. The van der Waals surface area contributed by atoms with Crippen LogP contribution in [0.2, 0.25) is 0 Å². The standard InChI is InChI=1S/C17H14N4O4S2/c22-14(19-20-15(23)11-3-1-6-18-10-11)5-7-21-16(24)13(27-17(21)26)9-12-4-2-8-25-12/h1-4,6,8-10H,5,7H2,(H,19,22)(H,20,23)/b13-9+. The van der Waals surface area contributed by atoms with Gasteiger partial charge in [-0.3, -0.25) is 35.1 Å². The Hall–Kier alpha value is -2.98. The number of amides is 3. The molecule has 138 valence electrons. The summed E-state index contributed by atoms with van der Waals surface area (Å²) in [5.41, 5.74) is 4.91. The van der Waals surface area contributed by atoms with Crippen molar-refractivity contribution in [2.24, 2.45) is 0 Å². The van der Waals surface area contributed by atoms with Gasteiger partial charge in [-0.15, -0.1) is 0 Å². The number of thiocarbonyl (C=S) groups is 1. The smallest absolute Gasteiger partial charge is 0.271 e. The van der Waals surface area contributed by atoms with Crippen molar-refractivity contribution in [2.75, 3.05) is 6.54 Å². The van der Waals surface area contributed by atoms with E-state index in [2.05, 4.69) is 15.8 Å². The van der Waals surface area contributed by atoms with Gasteiger partial charge in [0.1, 0.15) is 10.1 Å². The molecule has 27 heavy (non-hydrogen) atoms. The lowest BCUT2D eigenvalue weighted by molar-refractivity contribution is -0.124. The van der Waals surface area contributed by atoms with Gasteiger partial charge < -0.3 is 4.42 Å². The summed E-state index contributed by atoms with van der Waals surface area (Å²) in [6.07, 6.45) is 6.02. The fraction of sp³-hybridized carbons (Fsp3) is 0.118. The predicted octanol–water partition coefficient (Wildman–Crippen LogP) is 1.73. The second kappa shape index (κ2) is 8.60. The fourth-order valence-corrected chi connectivity index (χ4v) is 3.46. The third-order valence-corrected chi connectivity index (χ3v) is 4.87. The van der Waals surface area contributed by atoms with E-state index in [0.29, 0.717) is 20.5 Å². The molecule has 10 heteroatoms. The molecule has 3 amide bonds. The number of rotatable bonds is 5. The second-order valence-electron chi connectivity index (χ2n) is 5.34. The minimum atomic E-state index is -0.483. The molecule has 3 heterocycles. The molecular weight excluding hydrogens is 388 g/mol. The van der Waals surface area contributed by atoms with Crippen molar-refractivity contribution in [1.29, 1.82) is 0 Å². The Morgan fingerprint density at radius 1 is 1.30 bits per heavy atom. The Balaban J connectivity index is 1.49. The van der Waals surface area contributed by atoms with Crippen molar-refractivity contribution < 1.29 is 18.8 Å². The highest BCUT2D eigenvalue weighted by Crippen LogP contribution is 2.32. The lowest BCUT2D eigenvalue weighted by Crippen LogP contribution is -2.43. The Bertz CT molecular complexity index is 897. The quantitative estimate of drug-likeness (QED) is 0.446. The van der Waals surface area contributed by atoms with Gasteiger partial charge in [-0.1, -0.05) is 24.0 Å². The van der Waals surface area contributed by atoms with Crippen molar-refractivity contribution in [3.63, 3.8) is 0 Å². The van der Waals surface area contributed by atoms with Crippen LogP contribution < -0.4 is 10.9 Å². The van der Waals surface area contributed by atoms with Crippen LogP contribution in [0.3, 0.4) is 0 Å². The first-order valence-corrected chi connectivity index (χ1v) is 9.05. The van der Waals surface area contributed by atoms with Gasteiger partial charge in [0.2, 0.25) is 5.91 Å². The first kappa shape index (κ1) is 18.8. The van der Waals surface area contributed by atoms with Gasteiger partial charge in [-0.05, 0) is 24.3 Å². The van der Waals surface area contributed by atoms with Crippen LogP contribution >= 0.6 is 24.0 Å². The second-order valence-corrected chi connectivity index (χ2v) is 7.02. The van der Waals surface area contributed by atoms with Crippen LogP contribution in [-0.4, -0.2) is 38.5 Å². The number of hydrazine groups is 1. The highest BCUT2D eigenvalue weighted by atomic mass is 32.2. The zero-order chi connectivity index (χ0) is 19.2. The first-order valence-electron chi connectivity index (χ1n) is 7.82. The third-order valence-electron chi connectivity index (χ3n) is 3.49. The SMILES string of the molecule is O=C(CCN1C(=O)/C(=C\c2ccco2)SC1=S)NNC(=O)c1cccnc1. The molecule has 1 fully saturated rings. The summed E-state index contributed by atoms with van der Waals surface area (Å²) in [5, 5.41) is 0. The van der Waals surface area contributed by atoms with Crippen LogP contribution in [0.25, 0.3) is 6.08 Å². The maximum atomic E-state index is 12.4. The van der Waals surface area contributed by atoms with Gasteiger partial charge in [0, 0.05) is 31.4 Å². The van der Waals surface area contributed by atoms with Crippen LogP contribution in [0.1, 0.15) is 22.5 Å². The minimum Gasteiger partial charge on any atom is -0.465 e. The van der Waals surface area contributed by atoms with Crippen LogP contribution in [0.15, 0.2) is 52.2 Å². The van der Waals surface area contributed by atoms with E-state index >= 15 is 0 Å².